The number of ether oxygens (including phenoxy) is 3. The van der Waals surface area contributed by atoms with Gasteiger partial charge in [-0.15, -0.1) is 0 Å². The third kappa shape index (κ3) is 3.84. The highest BCUT2D eigenvalue weighted by Crippen LogP contribution is 2.38. The molecule has 5 heteroatoms. The van der Waals surface area contributed by atoms with E-state index < -0.39 is 0 Å². The fourth-order valence-corrected chi connectivity index (χ4v) is 2.62. The molecule has 1 heterocycles. The van der Waals surface area contributed by atoms with E-state index in [-0.39, 0.29) is 5.54 Å². The molecule has 0 aromatic heterocycles. The molecule has 0 saturated heterocycles. The zero-order valence-corrected chi connectivity index (χ0v) is 13.2. The van der Waals surface area contributed by atoms with E-state index >= 15 is 0 Å². The molecule has 1 aromatic carbocycles. The van der Waals surface area contributed by atoms with E-state index in [1.165, 1.54) is 0 Å². The van der Waals surface area contributed by atoms with Crippen molar-refractivity contribution >= 4 is 15.9 Å². The average Bonchev–Trinajstić information content (AvgIpc) is 2.37. The molecular weight excluding hydrogens is 310 g/mol. The highest BCUT2D eigenvalue weighted by Gasteiger charge is 2.19. The van der Waals surface area contributed by atoms with Crippen LogP contribution in [0.25, 0.3) is 0 Å². The van der Waals surface area contributed by atoms with Crippen molar-refractivity contribution in [3.8, 4) is 11.5 Å². The summed E-state index contributed by atoms with van der Waals surface area (Å²) in [5.74, 6) is 1.60. The Kier molecular flexibility index (Phi) is 4.71. The smallest absolute Gasteiger partial charge is 0.175 e. The molecule has 0 bridgehead atoms. The monoisotopic (exact) mass is 329 g/mol. The second kappa shape index (κ2) is 6.11. The summed E-state index contributed by atoms with van der Waals surface area (Å²) in [4.78, 5) is 0. The second-order valence-corrected chi connectivity index (χ2v) is 6.13. The lowest BCUT2D eigenvalue weighted by Gasteiger charge is -2.26. The molecule has 0 fully saturated rings. The van der Waals surface area contributed by atoms with Crippen LogP contribution < -0.4 is 14.8 Å². The van der Waals surface area contributed by atoms with Crippen molar-refractivity contribution in [2.75, 3.05) is 26.9 Å². The lowest BCUT2D eigenvalue weighted by atomic mass is 10.1. The standard InChI is InChI=1S/C14H20BrNO3/c1-14(2,9-17-3)16-8-10-6-11(15)13-12(7-10)18-4-5-19-13/h6-7,16H,4-5,8-9H2,1-3H3. The van der Waals surface area contributed by atoms with E-state index in [1.807, 2.05) is 6.07 Å². The number of nitrogens with one attached hydrogen (secondary N) is 1. The van der Waals surface area contributed by atoms with Crippen LogP contribution in [-0.4, -0.2) is 32.5 Å². The third-order valence-corrected chi connectivity index (χ3v) is 3.52. The van der Waals surface area contributed by atoms with Crippen LogP contribution in [0.15, 0.2) is 16.6 Å². The van der Waals surface area contributed by atoms with Gasteiger partial charge in [-0.1, -0.05) is 0 Å². The zero-order chi connectivity index (χ0) is 13.9. The molecule has 2 rings (SSSR count). The molecule has 106 valence electrons. The van der Waals surface area contributed by atoms with Crippen molar-refractivity contribution in [1.29, 1.82) is 0 Å². The topological polar surface area (TPSA) is 39.7 Å². The SMILES string of the molecule is COCC(C)(C)NCc1cc(Br)c2c(c1)OCCO2. The summed E-state index contributed by atoms with van der Waals surface area (Å²) in [6, 6.07) is 4.08. The third-order valence-electron chi connectivity index (χ3n) is 2.93. The van der Waals surface area contributed by atoms with E-state index in [0.717, 1.165) is 28.1 Å². The summed E-state index contributed by atoms with van der Waals surface area (Å²) in [7, 11) is 1.71. The summed E-state index contributed by atoms with van der Waals surface area (Å²) >= 11 is 3.53. The number of fused-ring (bicyclic) bond motifs is 1. The fourth-order valence-electron chi connectivity index (χ4n) is 2.02. The molecule has 0 aliphatic carbocycles. The van der Waals surface area contributed by atoms with Crippen LogP contribution in [0, 0.1) is 0 Å². The highest BCUT2D eigenvalue weighted by atomic mass is 79.9. The summed E-state index contributed by atoms with van der Waals surface area (Å²) < 4.78 is 17.3. The second-order valence-electron chi connectivity index (χ2n) is 5.27. The van der Waals surface area contributed by atoms with Crippen LogP contribution in [0.1, 0.15) is 19.4 Å². The molecule has 0 radical (unpaired) electrons. The van der Waals surface area contributed by atoms with Crippen molar-refractivity contribution in [1.82, 2.24) is 5.32 Å². The fraction of sp³-hybridized carbons (Fsp3) is 0.571. The molecule has 1 aliphatic rings. The van der Waals surface area contributed by atoms with Gasteiger partial charge >= 0.3 is 0 Å². The minimum Gasteiger partial charge on any atom is -0.486 e. The van der Waals surface area contributed by atoms with Crippen LogP contribution in [0.3, 0.4) is 0 Å². The number of hydrogen-bond donors (Lipinski definition) is 1. The summed E-state index contributed by atoms with van der Waals surface area (Å²) in [6.07, 6.45) is 0. The van der Waals surface area contributed by atoms with Gasteiger partial charge in [0.15, 0.2) is 11.5 Å². The van der Waals surface area contributed by atoms with Gasteiger partial charge in [-0.2, -0.15) is 0 Å². The summed E-state index contributed by atoms with van der Waals surface area (Å²) in [5.41, 5.74) is 1.09. The molecule has 0 unspecified atom stereocenters. The van der Waals surface area contributed by atoms with Crippen LogP contribution in [0.5, 0.6) is 11.5 Å². The minimum atomic E-state index is -0.0610. The van der Waals surface area contributed by atoms with Gasteiger partial charge in [0.1, 0.15) is 13.2 Å². The average molecular weight is 330 g/mol. The highest BCUT2D eigenvalue weighted by molar-refractivity contribution is 9.10. The number of halogens is 1. The van der Waals surface area contributed by atoms with Crippen LogP contribution >= 0.6 is 15.9 Å². The first-order valence-electron chi connectivity index (χ1n) is 6.34. The van der Waals surface area contributed by atoms with Gasteiger partial charge in [0.2, 0.25) is 0 Å². The van der Waals surface area contributed by atoms with Crippen LogP contribution in [0.4, 0.5) is 0 Å². The maximum absolute atomic E-state index is 5.62. The van der Waals surface area contributed by atoms with E-state index in [0.29, 0.717) is 19.8 Å². The summed E-state index contributed by atoms with van der Waals surface area (Å²) in [5, 5.41) is 3.47. The molecule has 1 aliphatic heterocycles. The van der Waals surface area contributed by atoms with E-state index in [9.17, 15) is 0 Å². The molecule has 0 amide bonds. The molecule has 0 saturated carbocycles. The van der Waals surface area contributed by atoms with Gasteiger partial charge in [-0.3, -0.25) is 0 Å². The Morgan fingerprint density at radius 3 is 2.79 bits per heavy atom. The molecule has 0 spiro atoms. The Hall–Kier alpha value is -0.780. The van der Waals surface area contributed by atoms with Gasteiger partial charge in [0, 0.05) is 19.2 Å². The number of hydrogen-bond acceptors (Lipinski definition) is 4. The quantitative estimate of drug-likeness (QED) is 0.901. The first-order valence-corrected chi connectivity index (χ1v) is 7.13. The normalized spacial score (nSPS) is 14.5. The van der Waals surface area contributed by atoms with Gasteiger partial charge in [-0.25, -0.2) is 0 Å². The predicted molar refractivity (Wildman–Crippen MR) is 77.9 cm³/mol. The Bertz CT molecular complexity index is 449. The van der Waals surface area contributed by atoms with Gasteiger partial charge in [-0.05, 0) is 47.5 Å². The Morgan fingerprint density at radius 1 is 1.32 bits per heavy atom. The van der Waals surface area contributed by atoms with Gasteiger partial charge < -0.3 is 19.5 Å². The number of rotatable bonds is 5. The Morgan fingerprint density at radius 2 is 2.05 bits per heavy atom. The van der Waals surface area contributed by atoms with E-state index in [4.69, 9.17) is 14.2 Å². The number of benzene rings is 1. The molecule has 19 heavy (non-hydrogen) atoms. The maximum atomic E-state index is 5.62. The van der Waals surface area contributed by atoms with Crippen molar-refractivity contribution in [2.24, 2.45) is 0 Å². The number of methoxy groups -OCH3 is 1. The maximum Gasteiger partial charge on any atom is 0.175 e. The predicted octanol–water partition coefficient (Wildman–Crippen LogP) is 2.73. The van der Waals surface area contributed by atoms with Crippen molar-refractivity contribution in [2.45, 2.75) is 25.9 Å². The molecule has 0 atom stereocenters. The van der Waals surface area contributed by atoms with Crippen molar-refractivity contribution < 1.29 is 14.2 Å². The summed E-state index contributed by atoms with van der Waals surface area (Å²) in [6.45, 7) is 6.85. The van der Waals surface area contributed by atoms with Gasteiger partial charge in [0.25, 0.3) is 0 Å². The lowest BCUT2D eigenvalue weighted by Crippen LogP contribution is -2.42. The van der Waals surface area contributed by atoms with Crippen molar-refractivity contribution in [3.05, 3.63) is 22.2 Å². The molecular formula is C14H20BrNO3. The Balaban J connectivity index is 2.07. The first-order chi connectivity index (χ1) is 9.02. The zero-order valence-electron chi connectivity index (χ0n) is 11.6. The first kappa shape index (κ1) is 14.6. The largest absolute Gasteiger partial charge is 0.486 e. The van der Waals surface area contributed by atoms with Gasteiger partial charge in [0.05, 0.1) is 11.1 Å². The molecule has 4 nitrogen and oxygen atoms in total. The van der Waals surface area contributed by atoms with Crippen molar-refractivity contribution in [3.63, 3.8) is 0 Å². The molecule has 1 aromatic rings. The Labute approximate surface area is 122 Å². The van der Waals surface area contributed by atoms with Crippen LogP contribution in [-0.2, 0) is 11.3 Å². The molecule has 1 N–H and O–H groups in total. The van der Waals surface area contributed by atoms with E-state index in [2.05, 4.69) is 41.2 Å². The lowest BCUT2D eigenvalue weighted by molar-refractivity contribution is 0.127. The van der Waals surface area contributed by atoms with Crippen LogP contribution in [0.2, 0.25) is 0 Å². The minimum absolute atomic E-state index is 0.0610. The van der Waals surface area contributed by atoms with E-state index in [1.54, 1.807) is 7.11 Å².